The van der Waals surface area contributed by atoms with E-state index in [0.29, 0.717) is 10.4 Å². The van der Waals surface area contributed by atoms with Gasteiger partial charge in [0.2, 0.25) is 0 Å². The first-order valence-electron chi connectivity index (χ1n) is 5.36. The summed E-state index contributed by atoms with van der Waals surface area (Å²) in [6.07, 6.45) is -4.40. The Morgan fingerprint density at radius 3 is 2.58 bits per heavy atom. The van der Waals surface area contributed by atoms with Crippen LogP contribution in [-0.2, 0) is 6.54 Å². The van der Waals surface area contributed by atoms with Crippen LogP contribution in [0.25, 0.3) is 0 Å². The number of hydrogen-bond acceptors (Lipinski definition) is 3. The number of carbonyl (C=O) groups excluding carboxylic acids is 1. The summed E-state index contributed by atoms with van der Waals surface area (Å²) in [5.41, 5.74) is 0.708. The van der Waals surface area contributed by atoms with Gasteiger partial charge >= 0.3 is 6.18 Å². The van der Waals surface area contributed by atoms with E-state index in [0.717, 1.165) is 16.2 Å². The van der Waals surface area contributed by atoms with Crippen molar-refractivity contribution in [1.82, 2.24) is 4.90 Å². The van der Waals surface area contributed by atoms with E-state index in [1.54, 1.807) is 28.3 Å². The zero-order chi connectivity index (χ0) is 13.9. The van der Waals surface area contributed by atoms with Crippen molar-refractivity contribution in [2.24, 2.45) is 0 Å². The molecule has 19 heavy (non-hydrogen) atoms. The van der Waals surface area contributed by atoms with E-state index in [-0.39, 0.29) is 6.54 Å². The average molecular weight is 305 g/mol. The summed E-state index contributed by atoms with van der Waals surface area (Å²) in [5.74, 6) is -0.585. The third kappa shape index (κ3) is 4.07. The van der Waals surface area contributed by atoms with Crippen molar-refractivity contribution in [2.75, 3.05) is 6.54 Å². The molecule has 1 amide bonds. The van der Waals surface area contributed by atoms with Crippen LogP contribution in [0.15, 0.2) is 34.3 Å². The molecule has 0 aliphatic rings. The van der Waals surface area contributed by atoms with Crippen molar-refractivity contribution in [3.63, 3.8) is 0 Å². The number of thiophene rings is 2. The summed E-state index contributed by atoms with van der Waals surface area (Å²) < 4.78 is 37.6. The van der Waals surface area contributed by atoms with Crippen LogP contribution < -0.4 is 0 Å². The molecule has 0 bridgehead atoms. The normalized spacial score (nSPS) is 11.5. The van der Waals surface area contributed by atoms with Crippen molar-refractivity contribution in [1.29, 1.82) is 0 Å². The number of halogens is 3. The fourth-order valence-corrected chi connectivity index (χ4v) is 2.93. The van der Waals surface area contributed by atoms with E-state index in [1.165, 1.54) is 17.4 Å². The fourth-order valence-electron chi connectivity index (χ4n) is 1.58. The van der Waals surface area contributed by atoms with Gasteiger partial charge in [-0.05, 0) is 33.8 Å². The van der Waals surface area contributed by atoms with Crippen LogP contribution in [0, 0.1) is 0 Å². The van der Waals surface area contributed by atoms with Crippen LogP contribution in [-0.4, -0.2) is 23.5 Å². The second-order valence-corrected chi connectivity index (χ2v) is 5.61. The lowest BCUT2D eigenvalue weighted by molar-refractivity contribution is -0.141. The number of alkyl halides is 3. The molecule has 0 spiro atoms. The van der Waals surface area contributed by atoms with Gasteiger partial charge in [0.05, 0.1) is 4.88 Å². The van der Waals surface area contributed by atoms with Gasteiger partial charge in [0.1, 0.15) is 6.54 Å². The standard InChI is InChI=1S/C12H10F3NOS2/c13-12(14,15)8-16(6-9-3-5-18-7-9)11(17)10-2-1-4-19-10/h1-5,7H,6,8H2. The lowest BCUT2D eigenvalue weighted by Gasteiger charge is -2.23. The zero-order valence-electron chi connectivity index (χ0n) is 9.68. The van der Waals surface area contributed by atoms with Gasteiger partial charge < -0.3 is 4.90 Å². The molecule has 0 saturated heterocycles. The molecule has 2 heterocycles. The van der Waals surface area contributed by atoms with Crippen molar-refractivity contribution in [3.05, 3.63) is 44.8 Å². The summed E-state index contributed by atoms with van der Waals surface area (Å²) in [7, 11) is 0. The largest absolute Gasteiger partial charge is 0.406 e. The van der Waals surface area contributed by atoms with E-state index in [1.807, 2.05) is 0 Å². The fraction of sp³-hybridized carbons (Fsp3) is 0.250. The molecule has 2 nitrogen and oxygen atoms in total. The van der Waals surface area contributed by atoms with Gasteiger partial charge in [-0.15, -0.1) is 11.3 Å². The van der Waals surface area contributed by atoms with Gasteiger partial charge in [0, 0.05) is 6.54 Å². The van der Waals surface area contributed by atoms with Crippen molar-refractivity contribution < 1.29 is 18.0 Å². The first-order valence-corrected chi connectivity index (χ1v) is 7.18. The van der Waals surface area contributed by atoms with Gasteiger partial charge in [-0.1, -0.05) is 6.07 Å². The summed E-state index contributed by atoms with van der Waals surface area (Å²) in [5, 5.41) is 5.19. The lowest BCUT2D eigenvalue weighted by atomic mass is 10.3. The van der Waals surface area contributed by atoms with Crippen molar-refractivity contribution in [2.45, 2.75) is 12.7 Å². The minimum atomic E-state index is -4.40. The van der Waals surface area contributed by atoms with Gasteiger partial charge in [0.15, 0.2) is 0 Å². The smallest absolute Gasteiger partial charge is 0.324 e. The third-order valence-electron chi connectivity index (χ3n) is 2.34. The second-order valence-electron chi connectivity index (χ2n) is 3.89. The monoisotopic (exact) mass is 305 g/mol. The number of amides is 1. The Morgan fingerprint density at radius 2 is 2.05 bits per heavy atom. The Hall–Kier alpha value is -1.34. The molecule has 2 aromatic heterocycles. The third-order valence-corrected chi connectivity index (χ3v) is 3.93. The quantitative estimate of drug-likeness (QED) is 0.835. The summed E-state index contributed by atoms with van der Waals surface area (Å²) in [6, 6.07) is 4.90. The average Bonchev–Trinajstić information content (AvgIpc) is 2.98. The summed E-state index contributed by atoms with van der Waals surface area (Å²) >= 11 is 2.53. The molecule has 0 aromatic carbocycles. The topological polar surface area (TPSA) is 20.3 Å². The Kier molecular flexibility index (Phi) is 4.26. The highest BCUT2D eigenvalue weighted by Crippen LogP contribution is 2.22. The number of hydrogen-bond donors (Lipinski definition) is 0. The second kappa shape index (κ2) is 5.75. The van der Waals surface area contributed by atoms with E-state index in [4.69, 9.17) is 0 Å². The molecule has 0 unspecified atom stereocenters. The van der Waals surface area contributed by atoms with Crippen LogP contribution in [0.2, 0.25) is 0 Å². The molecule has 0 radical (unpaired) electrons. The Bertz CT molecular complexity index is 520. The molecular weight excluding hydrogens is 295 g/mol. The number of nitrogens with zero attached hydrogens (tertiary/aromatic N) is 1. The van der Waals surface area contributed by atoms with E-state index in [2.05, 4.69) is 0 Å². The maximum absolute atomic E-state index is 12.5. The van der Waals surface area contributed by atoms with Crippen LogP contribution in [0.3, 0.4) is 0 Å². The van der Waals surface area contributed by atoms with Gasteiger partial charge in [-0.25, -0.2) is 0 Å². The molecule has 0 fully saturated rings. The van der Waals surface area contributed by atoms with Crippen molar-refractivity contribution in [3.8, 4) is 0 Å². The molecule has 0 saturated carbocycles. The maximum Gasteiger partial charge on any atom is 0.406 e. The van der Waals surface area contributed by atoms with E-state index in [9.17, 15) is 18.0 Å². The van der Waals surface area contributed by atoms with Gasteiger partial charge in [-0.3, -0.25) is 4.79 Å². The van der Waals surface area contributed by atoms with Gasteiger partial charge in [0.25, 0.3) is 5.91 Å². The minimum absolute atomic E-state index is 0.0280. The Labute approximate surface area is 116 Å². The van der Waals surface area contributed by atoms with Crippen LogP contribution in [0.1, 0.15) is 15.2 Å². The molecule has 0 N–H and O–H groups in total. The molecule has 2 rings (SSSR count). The number of carbonyl (C=O) groups is 1. The predicted molar refractivity (Wildman–Crippen MR) is 69.4 cm³/mol. The van der Waals surface area contributed by atoms with Crippen LogP contribution in [0.4, 0.5) is 13.2 Å². The molecule has 0 aliphatic carbocycles. The maximum atomic E-state index is 12.5. The molecule has 2 aromatic rings. The summed E-state index contributed by atoms with van der Waals surface area (Å²) in [4.78, 5) is 13.2. The van der Waals surface area contributed by atoms with E-state index >= 15 is 0 Å². The van der Waals surface area contributed by atoms with Gasteiger partial charge in [-0.2, -0.15) is 24.5 Å². The van der Waals surface area contributed by atoms with Crippen molar-refractivity contribution >= 4 is 28.6 Å². The van der Waals surface area contributed by atoms with Crippen LogP contribution in [0.5, 0.6) is 0 Å². The molecule has 102 valence electrons. The summed E-state index contributed by atoms with van der Waals surface area (Å²) in [6.45, 7) is -1.26. The highest BCUT2D eigenvalue weighted by atomic mass is 32.1. The molecular formula is C12H10F3NOS2. The number of rotatable bonds is 4. The predicted octanol–water partition coefficient (Wildman–Crippen LogP) is 4.01. The highest BCUT2D eigenvalue weighted by molar-refractivity contribution is 7.12. The Morgan fingerprint density at radius 1 is 1.26 bits per heavy atom. The molecule has 7 heteroatoms. The highest BCUT2D eigenvalue weighted by Gasteiger charge is 2.33. The minimum Gasteiger partial charge on any atom is -0.324 e. The Balaban J connectivity index is 2.16. The first kappa shape index (κ1) is 14.1. The molecule has 0 atom stereocenters. The first-order chi connectivity index (χ1) is 8.96. The molecule has 0 aliphatic heterocycles. The SMILES string of the molecule is O=C(c1cccs1)N(Cc1ccsc1)CC(F)(F)F. The lowest BCUT2D eigenvalue weighted by Crippen LogP contribution is -2.38. The van der Waals surface area contributed by atoms with Crippen LogP contribution >= 0.6 is 22.7 Å². The van der Waals surface area contributed by atoms with E-state index < -0.39 is 18.6 Å². The zero-order valence-corrected chi connectivity index (χ0v) is 11.3.